The largest absolute Gasteiger partial charge is 0.385 e. The number of amides is 1. The van der Waals surface area contributed by atoms with Gasteiger partial charge in [-0.1, -0.05) is 0 Å². The Balaban J connectivity index is 2.12. The number of hydrogen-bond acceptors (Lipinski definition) is 3. The molecule has 0 aromatic carbocycles. The molecular formula is C9H17NO2S. The molecule has 1 rings (SSSR count). The van der Waals surface area contributed by atoms with Crippen LogP contribution in [0.3, 0.4) is 0 Å². The lowest BCUT2D eigenvalue weighted by Crippen LogP contribution is -2.24. The molecule has 1 fully saturated rings. The minimum absolute atomic E-state index is 0.210. The van der Waals surface area contributed by atoms with Gasteiger partial charge >= 0.3 is 0 Å². The second-order valence-electron chi connectivity index (χ2n) is 3.25. The molecule has 0 aromatic heterocycles. The predicted molar refractivity (Wildman–Crippen MR) is 55.0 cm³/mol. The summed E-state index contributed by atoms with van der Waals surface area (Å²) in [4.78, 5) is 13.3. The summed E-state index contributed by atoms with van der Waals surface area (Å²) in [6.45, 7) is 1.71. The number of methoxy groups -OCH3 is 1. The number of carbonyl (C=O) groups is 1. The van der Waals surface area contributed by atoms with Crippen molar-refractivity contribution in [3.05, 3.63) is 0 Å². The fraction of sp³-hybridized carbons (Fsp3) is 0.889. The standard InChI is InChI=1S/C9H17NO2S/c1-10-5-4-8(9(10)11)13-7-3-6-12-2/h8H,3-7H2,1-2H3/t8-/m1/s1. The fourth-order valence-electron chi connectivity index (χ4n) is 1.37. The minimum atomic E-state index is 0.210. The summed E-state index contributed by atoms with van der Waals surface area (Å²) < 4.78 is 4.95. The van der Waals surface area contributed by atoms with Gasteiger partial charge in [0.25, 0.3) is 0 Å². The first-order valence-corrected chi connectivity index (χ1v) is 5.66. The molecule has 76 valence electrons. The Morgan fingerprint density at radius 3 is 3.00 bits per heavy atom. The highest BCUT2D eigenvalue weighted by atomic mass is 32.2. The number of hydrogen-bond donors (Lipinski definition) is 0. The molecular weight excluding hydrogens is 186 g/mol. The Bertz CT molecular complexity index is 175. The third-order valence-electron chi connectivity index (χ3n) is 2.19. The lowest BCUT2D eigenvalue weighted by molar-refractivity contribution is -0.126. The predicted octanol–water partition coefficient (Wildman–Crippen LogP) is 0.987. The van der Waals surface area contributed by atoms with Crippen LogP contribution in [0.5, 0.6) is 0 Å². The molecule has 1 heterocycles. The molecule has 0 N–H and O–H groups in total. The zero-order valence-electron chi connectivity index (χ0n) is 8.28. The van der Waals surface area contributed by atoms with Gasteiger partial charge in [-0.05, 0) is 18.6 Å². The Morgan fingerprint density at radius 2 is 2.46 bits per heavy atom. The maximum Gasteiger partial charge on any atom is 0.235 e. The molecule has 0 saturated carbocycles. The number of carbonyl (C=O) groups excluding carboxylic acids is 1. The molecule has 0 aliphatic carbocycles. The van der Waals surface area contributed by atoms with Gasteiger partial charge in [-0.2, -0.15) is 0 Å². The highest BCUT2D eigenvalue weighted by molar-refractivity contribution is 8.00. The van der Waals surface area contributed by atoms with Crippen LogP contribution in [0.25, 0.3) is 0 Å². The molecule has 0 spiro atoms. The van der Waals surface area contributed by atoms with Gasteiger partial charge in [-0.15, -0.1) is 11.8 Å². The van der Waals surface area contributed by atoms with Gasteiger partial charge < -0.3 is 9.64 Å². The zero-order chi connectivity index (χ0) is 9.68. The van der Waals surface area contributed by atoms with Crippen molar-refractivity contribution in [1.82, 2.24) is 4.90 Å². The topological polar surface area (TPSA) is 29.5 Å². The van der Waals surface area contributed by atoms with E-state index in [9.17, 15) is 4.79 Å². The smallest absolute Gasteiger partial charge is 0.235 e. The van der Waals surface area contributed by atoms with Crippen LogP contribution in [0.4, 0.5) is 0 Å². The second-order valence-corrected chi connectivity index (χ2v) is 4.56. The Labute approximate surface area is 83.8 Å². The second kappa shape index (κ2) is 5.50. The number of rotatable bonds is 5. The first kappa shape index (κ1) is 10.9. The molecule has 0 aromatic rings. The van der Waals surface area contributed by atoms with Gasteiger partial charge in [0.2, 0.25) is 5.91 Å². The van der Waals surface area contributed by atoms with Gasteiger partial charge in [-0.25, -0.2) is 0 Å². The van der Waals surface area contributed by atoms with Crippen molar-refractivity contribution in [3.8, 4) is 0 Å². The van der Waals surface area contributed by atoms with E-state index < -0.39 is 0 Å². The van der Waals surface area contributed by atoms with Crippen LogP contribution < -0.4 is 0 Å². The summed E-state index contributed by atoms with van der Waals surface area (Å²) in [6, 6.07) is 0. The normalized spacial score (nSPS) is 22.8. The van der Waals surface area contributed by atoms with Crippen molar-refractivity contribution in [1.29, 1.82) is 0 Å². The van der Waals surface area contributed by atoms with E-state index in [2.05, 4.69) is 0 Å². The molecule has 0 radical (unpaired) electrons. The van der Waals surface area contributed by atoms with Crippen molar-refractivity contribution in [2.45, 2.75) is 18.1 Å². The van der Waals surface area contributed by atoms with Crippen LogP contribution in [0.2, 0.25) is 0 Å². The molecule has 1 atom stereocenters. The summed E-state index contributed by atoms with van der Waals surface area (Å²) in [7, 11) is 3.58. The molecule has 1 aliphatic heterocycles. The van der Waals surface area contributed by atoms with E-state index in [1.165, 1.54) is 0 Å². The maximum absolute atomic E-state index is 11.4. The van der Waals surface area contributed by atoms with E-state index in [0.29, 0.717) is 5.91 Å². The van der Waals surface area contributed by atoms with E-state index in [1.54, 1.807) is 18.9 Å². The Kier molecular flexibility index (Phi) is 4.59. The molecule has 0 unspecified atom stereocenters. The average molecular weight is 203 g/mol. The first-order valence-electron chi connectivity index (χ1n) is 4.61. The van der Waals surface area contributed by atoms with Crippen molar-refractivity contribution < 1.29 is 9.53 Å². The lowest BCUT2D eigenvalue weighted by Gasteiger charge is -2.09. The van der Waals surface area contributed by atoms with Crippen molar-refractivity contribution in [3.63, 3.8) is 0 Å². The summed E-state index contributed by atoms with van der Waals surface area (Å²) in [6.07, 6.45) is 2.04. The molecule has 13 heavy (non-hydrogen) atoms. The highest BCUT2D eigenvalue weighted by Crippen LogP contribution is 2.23. The van der Waals surface area contributed by atoms with Crippen LogP contribution in [0, 0.1) is 0 Å². The first-order chi connectivity index (χ1) is 6.25. The van der Waals surface area contributed by atoms with Crippen LogP contribution in [-0.2, 0) is 9.53 Å². The molecule has 3 nitrogen and oxygen atoms in total. The number of thioether (sulfide) groups is 1. The van der Waals surface area contributed by atoms with Gasteiger partial charge in [0.1, 0.15) is 0 Å². The average Bonchev–Trinajstić information content (AvgIpc) is 2.43. The molecule has 1 saturated heterocycles. The van der Waals surface area contributed by atoms with Crippen LogP contribution in [-0.4, -0.2) is 49.1 Å². The monoisotopic (exact) mass is 203 g/mol. The Morgan fingerprint density at radius 1 is 1.69 bits per heavy atom. The lowest BCUT2D eigenvalue weighted by atomic mass is 10.4. The third-order valence-corrected chi connectivity index (χ3v) is 3.55. The zero-order valence-corrected chi connectivity index (χ0v) is 9.10. The van der Waals surface area contributed by atoms with Crippen LogP contribution >= 0.6 is 11.8 Å². The fourth-order valence-corrected chi connectivity index (χ4v) is 2.54. The molecule has 1 aliphatic rings. The molecule has 1 amide bonds. The number of nitrogens with zero attached hydrogens (tertiary/aromatic N) is 1. The number of ether oxygens (including phenoxy) is 1. The molecule has 0 bridgehead atoms. The van der Waals surface area contributed by atoms with Crippen molar-refractivity contribution in [2.24, 2.45) is 0 Å². The van der Waals surface area contributed by atoms with E-state index in [0.717, 1.165) is 31.7 Å². The van der Waals surface area contributed by atoms with Gasteiger partial charge in [0.05, 0.1) is 5.25 Å². The minimum Gasteiger partial charge on any atom is -0.385 e. The maximum atomic E-state index is 11.4. The SMILES string of the molecule is COCCCS[C@@H]1CCN(C)C1=O. The van der Waals surface area contributed by atoms with Gasteiger partial charge in [0.15, 0.2) is 0 Å². The third kappa shape index (κ3) is 3.19. The van der Waals surface area contributed by atoms with Gasteiger partial charge in [0, 0.05) is 27.3 Å². The quantitative estimate of drug-likeness (QED) is 0.624. The van der Waals surface area contributed by atoms with Crippen molar-refractivity contribution >= 4 is 17.7 Å². The van der Waals surface area contributed by atoms with Crippen molar-refractivity contribution in [2.75, 3.05) is 33.1 Å². The van der Waals surface area contributed by atoms with E-state index >= 15 is 0 Å². The van der Waals surface area contributed by atoms with E-state index in [4.69, 9.17) is 4.74 Å². The number of likely N-dealkylation sites (tertiary alicyclic amines) is 1. The summed E-state index contributed by atoms with van der Waals surface area (Å²) in [5.41, 5.74) is 0. The highest BCUT2D eigenvalue weighted by Gasteiger charge is 2.28. The van der Waals surface area contributed by atoms with E-state index in [1.807, 2.05) is 11.9 Å². The summed E-state index contributed by atoms with van der Waals surface area (Å²) >= 11 is 1.76. The van der Waals surface area contributed by atoms with Crippen LogP contribution in [0.1, 0.15) is 12.8 Å². The summed E-state index contributed by atoms with van der Waals surface area (Å²) in [5.74, 6) is 1.32. The Hall–Kier alpha value is -0.220. The summed E-state index contributed by atoms with van der Waals surface area (Å²) in [5, 5.41) is 0.210. The molecule has 4 heteroatoms. The van der Waals surface area contributed by atoms with E-state index in [-0.39, 0.29) is 5.25 Å². The van der Waals surface area contributed by atoms with Gasteiger partial charge in [-0.3, -0.25) is 4.79 Å². The van der Waals surface area contributed by atoms with Crippen LogP contribution in [0.15, 0.2) is 0 Å².